The topological polar surface area (TPSA) is 114 Å². The van der Waals surface area contributed by atoms with Gasteiger partial charge in [0.15, 0.2) is 0 Å². The van der Waals surface area contributed by atoms with Crippen LogP contribution in [0, 0.1) is 5.82 Å². The largest absolute Gasteiger partial charge is 0.325 e. The first-order valence-corrected chi connectivity index (χ1v) is 9.40. The number of amides is 1. The van der Waals surface area contributed by atoms with Crippen LogP contribution in [0.3, 0.4) is 0 Å². The highest BCUT2D eigenvalue weighted by Gasteiger charge is 2.30. The van der Waals surface area contributed by atoms with Gasteiger partial charge >= 0.3 is 0 Å². The van der Waals surface area contributed by atoms with Gasteiger partial charge in [0.05, 0.1) is 17.5 Å². The highest BCUT2D eigenvalue weighted by molar-refractivity contribution is 7.89. The number of halogens is 2. The number of allylic oxidation sites excluding steroid dienone is 3. The van der Waals surface area contributed by atoms with Crippen LogP contribution in [0.15, 0.2) is 54.2 Å². The molecule has 1 aromatic heterocycles. The molecule has 0 saturated carbocycles. The van der Waals surface area contributed by atoms with Gasteiger partial charge in [-0.25, -0.2) is 26.9 Å². The Bertz CT molecular complexity index is 876. The number of hydrogen-bond acceptors (Lipinski definition) is 5. The van der Waals surface area contributed by atoms with Crippen LogP contribution in [0.4, 0.5) is 8.78 Å². The maximum Gasteiger partial charge on any atom is 0.273 e. The molecule has 0 saturated heterocycles. The van der Waals surface area contributed by atoms with Crippen LogP contribution < -0.4 is 15.8 Å². The van der Waals surface area contributed by atoms with Crippen LogP contribution in [0.5, 0.6) is 0 Å². The number of sulfonamides is 1. The van der Waals surface area contributed by atoms with Gasteiger partial charge < -0.3 is 11.1 Å². The molecule has 0 aromatic carbocycles. The van der Waals surface area contributed by atoms with E-state index in [2.05, 4.69) is 21.6 Å². The average molecular weight is 400 g/mol. The molecular weight excluding hydrogens is 378 g/mol. The summed E-state index contributed by atoms with van der Waals surface area (Å²) in [5.41, 5.74) is 4.39. The highest BCUT2D eigenvalue weighted by atomic mass is 32.2. The lowest BCUT2D eigenvalue weighted by Crippen LogP contribution is -2.47. The van der Waals surface area contributed by atoms with Crippen LogP contribution >= 0.6 is 0 Å². The minimum atomic E-state index is -3.67. The molecule has 0 fully saturated rings. The zero-order valence-corrected chi connectivity index (χ0v) is 16.0. The minimum Gasteiger partial charge on any atom is -0.325 e. The lowest BCUT2D eigenvalue weighted by atomic mass is 9.95. The van der Waals surface area contributed by atoms with Crippen molar-refractivity contribution in [1.82, 2.24) is 15.0 Å². The third-order valence-electron chi connectivity index (χ3n) is 3.53. The molecule has 0 bridgehead atoms. The van der Waals surface area contributed by atoms with Crippen LogP contribution in [-0.2, 0) is 10.0 Å². The summed E-state index contributed by atoms with van der Waals surface area (Å²) in [6, 6.07) is 2.30. The number of hydrogen-bond donors (Lipinski definition) is 3. The second-order valence-electron chi connectivity index (χ2n) is 6.04. The van der Waals surface area contributed by atoms with Crippen LogP contribution in [0.2, 0.25) is 0 Å². The van der Waals surface area contributed by atoms with Crippen LogP contribution in [-0.4, -0.2) is 37.6 Å². The maximum absolute atomic E-state index is 14.3. The van der Waals surface area contributed by atoms with E-state index >= 15 is 0 Å². The predicted molar refractivity (Wildman–Crippen MR) is 99.2 cm³/mol. The number of carbonyl (C=O) groups excluding carboxylic acids is 1. The Morgan fingerprint density at radius 1 is 1.41 bits per heavy atom. The fourth-order valence-corrected chi connectivity index (χ4v) is 3.03. The molecule has 1 heterocycles. The second-order valence-corrected chi connectivity index (χ2v) is 7.97. The van der Waals surface area contributed by atoms with Gasteiger partial charge in [-0.05, 0) is 45.2 Å². The Kier molecular flexibility index (Phi) is 7.52. The molecule has 1 atom stereocenters. The number of nitrogens with two attached hydrogens (primary N) is 1. The molecule has 27 heavy (non-hydrogen) atoms. The van der Waals surface area contributed by atoms with Gasteiger partial charge in [-0.3, -0.25) is 4.79 Å². The zero-order valence-electron chi connectivity index (χ0n) is 15.2. The van der Waals surface area contributed by atoms with Crippen molar-refractivity contribution in [2.45, 2.75) is 19.4 Å². The first-order chi connectivity index (χ1) is 12.4. The molecule has 0 aliphatic rings. The minimum absolute atomic E-state index is 0.00943. The number of carbonyl (C=O) groups is 1. The van der Waals surface area contributed by atoms with E-state index in [0.717, 1.165) is 18.3 Å². The second kappa shape index (κ2) is 8.98. The fourth-order valence-electron chi connectivity index (χ4n) is 1.92. The summed E-state index contributed by atoms with van der Waals surface area (Å²) in [4.78, 5) is 15.6. The molecular formula is C17H22F2N4O3S. The van der Waals surface area contributed by atoms with Crippen molar-refractivity contribution in [3.63, 3.8) is 0 Å². The number of pyridine rings is 1. The Morgan fingerprint density at radius 2 is 2.04 bits per heavy atom. The van der Waals surface area contributed by atoms with E-state index in [-0.39, 0.29) is 17.0 Å². The quantitative estimate of drug-likeness (QED) is 0.573. The number of rotatable bonds is 8. The molecule has 4 N–H and O–H groups in total. The predicted octanol–water partition coefficient (Wildman–Crippen LogP) is 1.53. The van der Waals surface area contributed by atoms with Gasteiger partial charge in [-0.2, -0.15) is 0 Å². The Balaban J connectivity index is 2.84. The van der Waals surface area contributed by atoms with Gasteiger partial charge in [-0.1, -0.05) is 6.58 Å². The normalized spacial score (nSPS) is 15.2. The number of nitrogens with zero attached hydrogens (tertiary/aromatic N) is 1. The van der Waals surface area contributed by atoms with Gasteiger partial charge in [0.2, 0.25) is 10.0 Å². The van der Waals surface area contributed by atoms with E-state index in [1.54, 1.807) is 0 Å². The molecule has 0 aliphatic heterocycles. The Labute approximate surface area is 157 Å². The van der Waals surface area contributed by atoms with E-state index in [1.165, 1.54) is 33.0 Å². The first-order valence-electron chi connectivity index (χ1n) is 7.75. The van der Waals surface area contributed by atoms with Crippen molar-refractivity contribution in [3.05, 3.63) is 65.7 Å². The zero-order chi connectivity index (χ0) is 20.8. The Hall–Kier alpha value is -2.43. The highest BCUT2D eigenvalue weighted by Crippen LogP contribution is 2.22. The molecule has 10 heteroatoms. The molecule has 0 unspecified atom stereocenters. The molecule has 0 radical (unpaired) electrons. The summed E-state index contributed by atoms with van der Waals surface area (Å²) in [7, 11) is -2.45. The monoisotopic (exact) mass is 400 g/mol. The molecule has 148 valence electrons. The summed E-state index contributed by atoms with van der Waals surface area (Å²) in [5, 5.41) is 2.46. The lowest BCUT2D eigenvalue weighted by molar-refractivity contribution is 0.0961. The van der Waals surface area contributed by atoms with Crippen molar-refractivity contribution in [2.24, 2.45) is 5.73 Å². The van der Waals surface area contributed by atoms with Gasteiger partial charge in [-0.15, -0.1) is 0 Å². The molecule has 7 nitrogen and oxygen atoms in total. The molecule has 1 rings (SSSR count). The van der Waals surface area contributed by atoms with Crippen LogP contribution in [0.25, 0.3) is 0 Å². The van der Waals surface area contributed by atoms with Gasteiger partial charge in [0, 0.05) is 11.3 Å². The van der Waals surface area contributed by atoms with E-state index in [0.29, 0.717) is 0 Å². The SMILES string of the molecule is C=C(/C(F)=C\C=C(/C)NC(=O)c1ccc(F)cn1)[C@@](C)(N)CS(=O)(=O)NC. The third kappa shape index (κ3) is 7.00. The third-order valence-corrected chi connectivity index (χ3v) is 5.13. The number of nitrogens with one attached hydrogen (secondary N) is 2. The van der Waals surface area contributed by atoms with E-state index < -0.39 is 38.9 Å². The van der Waals surface area contributed by atoms with Crippen molar-refractivity contribution >= 4 is 15.9 Å². The maximum atomic E-state index is 14.3. The average Bonchev–Trinajstić information content (AvgIpc) is 2.58. The fraction of sp³-hybridized carbons (Fsp3) is 0.294. The summed E-state index contributed by atoms with van der Waals surface area (Å²) in [6.07, 6.45) is 3.16. The molecule has 0 spiro atoms. The van der Waals surface area contributed by atoms with Crippen molar-refractivity contribution in [1.29, 1.82) is 0 Å². The van der Waals surface area contributed by atoms with Crippen molar-refractivity contribution < 1.29 is 22.0 Å². The van der Waals surface area contributed by atoms with E-state index in [1.807, 2.05) is 0 Å². The summed E-state index contributed by atoms with van der Waals surface area (Å²) in [6.45, 7) is 6.36. The molecule has 1 amide bonds. The smallest absolute Gasteiger partial charge is 0.273 e. The van der Waals surface area contributed by atoms with Crippen molar-refractivity contribution in [3.8, 4) is 0 Å². The van der Waals surface area contributed by atoms with Crippen molar-refractivity contribution in [2.75, 3.05) is 12.8 Å². The number of aromatic nitrogens is 1. The first kappa shape index (κ1) is 22.6. The molecule has 0 aliphatic carbocycles. The molecule has 1 aromatic rings. The van der Waals surface area contributed by atoms with Gasteiger partial charge in [0.25, 0.3) is 5.91 Å². The summed E-state index contributed by atoms with van der Waals surface area (Å²) < 4.78 is 52.4. The van der Waals surface area contributed by atoms with E-state index in [9.17, 15) is 22.0 Å². The van der Waals surface area contributed by atoms with Crippen LogP contribution in [0.1, 0.15) is 24.3 Å². The van der Waals surface area contributed by atoms with Gasteiger partial charge in [0.1, 0.15) is 17.3 Å². The lowest BCUT2D eigenvalue weighted by Gasteiger charge is -2.25. The summed E-state index contributed by atoms with van der Waals surface area (Å²) in [5.74, 6) is -2.56. The Morgan fingerprint density at radius 3 is 2.56 bits per heavy atom. The van der Waals surface area contributed by atoms with E-state index in [4.69, 9.17) is 5.73 Å². The standard InChI is InChI=1S/C17H22F2N4O3S/c1-11(23-16(24)15-8-6-13(18)9-22-15)5-7-14(19)12(2)17(3,20)10-27(25,26)21-4/h5-9,21H,2,10,20H2,1,3-4H3,(H,23,24)/b11-5+,14-7+/t17-/m0/s1. The summed E-state index contributed by atoms with van der Waals surface area (Å²) >= 11 is 0.